The molecule has 2 rings (SSSR count). The first-order valence-electron chi connectivity index (χ1n) is 4.97. The summed E-state index contributed by atoms with van der Waals surface area (Å²) >= 11 is 5.85. The summed E-state index contributed by atoms with van der Waals surface area (Å²) in [7, 11) is -3.13. The third-order valence-electron chi connectivity index (χ3n) is 2.35. The fraction of sp³-hybridized carbons (Fsp3) is 0.273. The number of rotatable bonds is 3. The Hall–Kier alpha value is -1.04. The zero-order chi connectivity index (χ0) is 12.6. The van der Waals surface area contributed by atoms with Gasteiger partial charge in [0.05, 0.1) is 11.8 Å². The molecule has 0 aliphatic rings. The fourth-order valence-corrected chi connectivity index (χ4v) is 2.62. The Kier molecular flexibility index (Phi) is 3.16. The van der Waals surface area contributed by atoms with Crippen LogP contribution in [0.3, 0.4) is 0 Å². The van der Waals surface area contributed by atoms with Crippen LogP contribution in [0.4, 0.5) is 0 Å². The highest BCUT2D eigenvalue weighted by Gasteiger charge is 2.17. The zero-order valence-electron chi connectivity index (χ0n) is 9.18. The first-order chi connectivity index (χ1) is 7.85. The molecule has 92 valence electrons. The number of nitrogens with two attached hydrogens (primary N) is 1. The van der Waals surface area contributed by atoms with Crippen LogP contribution in [0.15, 0.2) is 28.7 Å². The first kappa shape index (κ1) is 12.4. The molecule has 1 aromatic carbocycles. The molecule has 1 aromatic heterocycles. The second-order valence-corrected chi connectivity index (χ2v) is 6.65. The van der Waals surface area contributed by atoms with Gasteiger partial charge in [0.15, 0.2) is 0 Å². The maximum Gasteiger partial charge on any atom is 0.149 e. The minimum atomic E-state index is -3.13. The molecule has 0 fully saturated rings. The van der Waals surface area contributed by atoms with E-state index in [2.05, 4.69) is 0 Å². The van der Waals surface area contributed by atoms with Crippen LogP contribution in [0.1, 0.15) is 11.8 Å². The normalized spacial score (nSPS) is 14.1. The van der Waals surface area contributed by atoms with Crippen molar-refractivity contribution in [1.82, 2.24) is 0 Å². The van der Waals surface area contributed by atoms with Crippen molar-refractivity contribution in [2.45, 2.75) is 6.04 Å². The Bertz CT molecular complexity index is 648. The molecule has 17 heavy (non-hydrogen) atoms. The van der Waals surface area contributed by atoms with Gasteiger partial charge < -0.3 is 10.2 Å². The number of fused-ring (bicyclic) bond motifs is 1. The van der Waals surface area contributed by atoms with Gasteiger partial charge in [-0.25, -0.2) is 8.42 Å². The van der Waals surface area contributed by atoms with Crippen molar-refractivity contribution in [2.24, 2.45) is 5.73 Å². The molecular formula is C11H12ClNO3S. The lowest BCUT2D eigenvalue weighted by Crippen LogP contribution is -2.20. The van der Waals surface area contributed by atoms with Crippen molar-refractivity contribution in [3.05, 3.63) is 35.0 Å². The Balaban J connectivity index is 2.36. The predicted octanol–water partition coefficient (Wildman–Crippen LogP) is 2.13. The first-order valence-corrected chi connectivity index (χ1v) is 7.41. The van der Waals surface area contributed by atoms with Crippen molar-refractivity contribution < 1.29 is 12.8 Å². The molecule has 0 radical (unpaired) electrons. The van der Waals surface area contributed by atoms with Gasteiger partial charge in [-0.2, -0.15) is 0 Å². The average Bonchev–Trinajstić information content (AvgIpc) is 2.57. The van der Waals surface area contributed by atoms with Gasteiger partial charge in [0, 0.05) is 16.7 Å². The standard InChI is InChI=1S/C11H12ClNO3S/c1-17(14,15)6-9(13)11-5-7-4-8(12)2-3-10(7)16-11/h2-5,9H,6,13H2,1H3. The summed E-state index contributed by atoms with van der Waals surface area (Å²) in [6.07, 6.45) is 1.15. The van der Waals surface area contributed by atoms with Crippen molar-refractivity contribution in [3.8, 4) is 0 Å². The number of benzene rings is 1. The fourth-order valence-electron chi connectivity index (χ4n) is 1.63. The van der Waals surface area contributed by atoms with E-state index < -0.39 is 15.9 Å². The molecule has 0 amide bonds. The van der Waals surface area contributed by atoms with Crippen molar-refractivity contribution in [3.63, 3.8) is 0 Å². The van der Waals surface area contributed by atoms with Crippen LogP contribution in [-0.2, 0) is 9.84 Å². The van der Waals surface area contributed by atoms with Crippen molar-refractivity contribution in [1.29, 1.82) is 0 Å². The van der Waals surface area contributed by atoms with Gasteiger partial charge in [-0.1, -0.05) is 11.6 Å². The zero-order valence-corrected chi connectivity index (χ0v) is 10.8. The summed E-state index contributed by atoms with van der Waals surface area (Å²) in [5.74, 6) is 0.313. The minimum Gasteiger partial charge on any atom is -0.459 e. The smallest absolute Gasteiger partial charge is 0.149 e. The third kappa shape index (κ3) is 3.00. The lowest BCUT2D eigenvalue weighted by molar-refractivity contribution is 0.508. The number of sulfone groups is 1. The summed E-state index contributed by atoms with van der Waals surface area (Å²) in [5.41, 5.74) is 6.42. The molecule has 4 nitrogen and oxygen atoms in total. The van der Waals surface area contributed by atoms with E-state index in [4.69, 9.17) is 21.8 Å². The van der Waals surface area contributed by atoms with Crippen LogP contribution in [0.2, 0.25) is 5.02 Å². The summed E-state index contributed by atoms with van der Waals surface area (Å²) in [6, 6.07) is 6.25. The maximum atomic E-state index is 11.1. The summed E-state index contributed by atoms with van der Waals surface area (Å²) < 4.78 is 27.8. The second kappa shape index (κ2) is 4.33. The minimum absolute atomic E-state index is 0.138. The van der Waals surface area contributed by atoms with Crippen LogP contribution in [0.25, 0.3) is 11.0 Å². The van der Waals surface area contributed by atoms with Gasteiger partial charge >= 0.3 is 0 Å². The molecule has 0 aliphatic heterocycles. The van der Waals surface area contributed by atoms with E-state index in [-0.39, 0.29) is 5.75 Å². The van der Waals surface area contributed by atoms with Crippen LogP contribution in [0.5, 0.6) is 0 Å². The summed E-state index contributed by atoms with van der Waals surface area (Å²) in [6.45, 7) is 0. The van der Waals surface area contributed by atoms with E-state index in [1.807, 2.05) is 0 Å². The van der Waals surface area contributed by atoms with E-state index in [1.54, 1.807) is 24.3 Å². The van der Waals surface area contributed by atoms with Gasteiger partial charge in [-0.3, -0.25) is 0 Å². The van der Waals surface area contributed by atoms with Gasteiger partial charge in [-0.05, 0) is 24.3 Å². The molecule has 0 bridgehead atoms. The summed E-state index contributed by atoms with van der Waals surface area (Å²) in [4.78, 5) is 0. The van der Waals surface area contributed by atoms with Crippen LogP contribution in [-0.4, -0.2) is 20.4 Å². The van der Waals surface area contributed by atoms with Crippen LogP contribution >= 0.6 is 11.6 Å². The molecule has 1 atom stereocenters. The van der Waals surface area contributed by atoms with Crippen molar-refractivity contribution >= 4 is 32.4 Å². The highest BCUT2D eigenvalue weighted by atomic mass is 35.5. The largest absolute Gasteiger partial charge is 0.459 e. The molecule has 6 heteroatoms. The Morgan fingerprint density at radius 2 is 2.12 bits per heavy atom. The van der Waals surface area contributed by atoms with Crippen LogP contribution < -0.4 is 5.73 Å². The molecular weight excluding hydrogens is 262 g/mol. The number of halogens is 1. The third-order valence-corrected chi connectivity index (χ3v) is 3.54. The maximum absolute atomic E-state index is 11.1. The van der Waals surface area contributed by atoms with Gasteiger partial charge in [0.2, 0.25) is 0 Å². The van der Waals surface area contributed by atoms with Gasteiger partial charge in [0.1, 0.15) is 21.2 Å². The molecule has 1 unspecified atom stereocenters. The number of hydrogen-bond donors (Lipinski definition) is 1. The second-order valence-electron chi connectivity index (χ2n) is 4.03. The molecule has 1 heterocycles. The SMILES string of the molecule is CS(=O)(=O)CC(N)c1cc2cc(Cl)ccc2o1. The average molecular weight is 274 g/mol. The lowest BCUT2D eigenvalue weighted by atomic mass is 10.2. The molecule has 0 aliphatic carbocycles. The van der Waals surface area contributed by atoms with E-state index in [0.29, 0.717) is 16.4 Å². The number of furan rings is 1. The molecule has 2 aromatic rings. The number of hydrogen-bond acceptors (Lipinski definition) is 4. The highest BCUT2D eigenvalue weighted by molar-refractivity contribution is 7.90. The Labute approximate surface area is 104 Å². The topological polar surface area (TPSA) is 73.3 Å². The van der Waals surface area contributed by atoms with Gasteiger partial charge in [-0.15, -0.1) is 0 Å². The Morgan fingerprint density at radius 1 is 1.41 bits per heavy atom. The van der Waals surface area contributed by atoms with E-state index >= 15 is 0 Å². The lowest BCUT2D eigenvalue weighted by Gasteiger charge is -2.05. The monoisotopic (exact) mass is 273 g/mol. The van der Waals surface area contributed by atoms with Crippen LogP contribution in [0, 0.1) is 0 Å². The quantitative estimate of drug-likeness (QED) is 0.930. The van der Waals surface area contributed by atoms with E-state index in [1.165, 1.54) is 0 Å². The summed E-state index contributed by atoms with van der Waals surface area (Å²) in [5, 5.41) is 1.41. The molecule has 0 spiro atoms. The highest BCUT2D eigenvalue weighted by Crippen LogP contribution is 2.26. The molecule has 0 saturated carbocycles. The van der Waals surface area contributed by atoms with E-state index in [9.17, 15) is 8.42 Å². The Morgan fingerprint density at radius 3 is 2.76 bits per heavy atom. The predicted molar refractivity (Wildman–Crippen MR) is 67.9 cm³/mol. The van der Waals surface area contributed by atoms with Crippen molar-refractivity contribution in [2.75, 3.05) is 12.0 Å². The van der Waals surface area contributed by atoms with Gasteiger partial charge in [0.25, 0.3) is 0 Å². The molecule has 2 N–H and O–H groups in total. The molecule has 0 saturated heterocycles. The van der Waals surface area contributed by atoms with E-state index in [0.717, 1.165) is 11.6 Å².